The van der Waals surface area contributed by atoms with Crippen molar-refractivity contribution >= 4 is 22.4 Å². The standard InChI is InChI=1S/C19H30N6OS/c1-25-9-6-13(7-10-25)16-12-21-18(24-19-20-8-11-27-19)23-17(16)22-14-2-4-15(26)5-3-14/h8,11,13-15,22,26H,2-7,9-10,12H2,1H3,(H2,20,21,23,24). The van der Waals surface area contributed by atoms with Gasteiger partial charge >= 0.3 is 0 Å². The molecule has 1 aliphatic carbocycles. The van der Waals surface area contributed by atoms with Crippen molar-refractivity contribution < 1.29 is 5.11 Å². The van der Waals surface area contributed by atoms with Crippen molar-refractivity contribution in [2.75, 3.05) is 32.0 Å². The van der Waals surface area contributed by atoms with Gasteiger partial charge in [0.15, 0.2) is 5.13 Å². The molecule has 1 aromatic rings. The molecule has 1 saturated heterocycles. The SMILES string of the molecule is CN1CCC(C2=C(NC3CCC(O)CC3)NC(Nc3nccs3)=NC2)CC1. The van der Waals surface area contributed by atoms with Crippen LogP contribution in [0.3, 0.4) is 0 Å². The molecule has 1 aromatic heterocycles. The molecule has 0 aromatic carbocycles. The maximum Gasteiger partial charge on any atom is 0.203 e. The molecule has 0 atom stereocenters. The van der Waals surface area contributed by atoms with Gasteiger partial charge in [0.1, 0.15) is 5.82 Å². The summed E-state index contributed by atoms with van der Waals surface area (Å²) in [6, 6.07) is 0.413. The Bertz CT molecular complexity index is 672. The number of rotatable bonds is 4. The zero-order valence-electron chi connectivity index (χ0n) is 15.9. The Morgan fingerprint density at radius 3 is 2.67 bits per heavy atom. The quantitative estimate of drug-likeness (QED) is 0.629. The fourth-order valence-corrected chi connectivity index (χ4v) is 4.71. The molecule has 2 aliphatic heterocycles. The number of nitrogens with one attached hydrogen (secondary N) is 3. The minimum absolute atomic E-state index is 0.131. The summed E-state index contributed by atoms with van der Waals surface area (Å²) in [6.07, 6.45) is 7.83. The molecule has 4 rings (SSSR count). The molecule has 4 N–H and O–H groups in total. The number of guanidine groups is 1. The number of thiazole rings is 1. The molecule has 7 nitrogen and oxygen atoms in total. The van der Waals surface area contributed by atoms with Crippen LogP contribution in [0.25, 0.3) is 0 Å². The van der Waals surface area contributed by atoms with E-state index in [0.29, 0.717) is 12.0 Å². The smallest absolute Gasteiger partial charge is 0.203 e. The topological polar surface area (TPSA) is 84.8 Å². The molecular weight excluding hydrogens is 360 g/mol. The summed E-state index contributed by atoms with van der Waals surface area (Å²) < 4.78 is 0. The molecule has 3 aliphatic rings. The van der Waals surface area contributed by atoms with Crippen LogP contribution in [-0.2, 0) is 0 Å². The molecule has 3 heterocycles. The van der Waals surface area contributed by atoms with Gasteiger partial charge < -0.3 is 26.0 Å². The van der Waals surface area contributed by atoms with Crippen molar-refractivity contribution in [3.8, 4) is 0 Å². The number of aromatic nitrogens is 1. The zero-order valence-corrected chi connectivity index (χ0v) is 16.8. The highest BCUT2D eigenvalue weighted by atomic mass is 32.1. The largest absolute Gasteiger partial charge is 0.393 e. The highest BCUT2D eigenvalue weighted by Gasteiger charge is 2.28. The van der Waals surface area contributed by atoms with Gasteiger partial charge in [-0.25, -0.2) is 9.98 Å². The number of hydrogen-bond acceptors (Lipinski definition) is 8. The number of piperidine rings is 1. The molecule has 0 amide bonds. The maximum atomic E-state index is 9.80. The van der Waals surface area contributed by atoms with Crippen LogP contribution >= 0.6 is 11.3 Å². The van der Waals surface area contributed by atoms with Crippen LogP contribution in [-0.4, -0.2) is 59.8 Å². The number of aliphatic imine (C=N–C) groups is 1. The van der Waals surface area contributed by atoms with Crippen LogP contribution in [0.5, 0.6) is 0 Å². The van der Waals surface area contributed by atoms with Crippen LogP contribution in [0.1, 0.15) is 38.5 Å². The molecule has 0 radical (unpaired) electrons. The van der Waals surface area contributed by atoms with E-state index >= 15 is 0 Å². The van der Waals surface area contributed by atoms with Crippen molar-refractivity contribution in [3.63, 3.8) is 0 Å². The minimum atomic E-state index is -0.131. The summed E-state index contributed by atoms with van der Waals surface area (Å²) in [5, 5.41) is 23.2. The van der Waals surface area contributed by atoms with Crippen molar-refractivity contribution in [2.24, 2.45) is 10.9 Å². The average molecular weight is 391 g/mol. The van der Waals surface area contributed by atoms with E-state index < -0.39 is 0 Å². The maximum absolute atomic E-state index is 9.80. The van der Waals surface area contributed by atoms with Crippen molar-refractivity contribution in [1.29, 1.82) is 0 Å². The Kier molecular flexibility index (Phi) is 5.95. The van der Waals surface area contributed by atoms with Gasteiger partial charge in [0.05, 0.1) is 12.6 Å². The lowest BCUT2D eigenvalue weighted by molar-refractivity contribution is 0.118. The normalized spacial score (nSPS) is 27.9. The summed E-state index contributed by atoms with van der Waals surface area (Å²) >= 11 is 1.57. The van der Waals surface area contributed by atoms with Gasteiger partial charge in [-0.15, -0.1) is 11.3 Å². The molecule has 0 unspecified atom stereocenters. The van der Waals surface area contributed by atoms with Gasteiger partial charge in [-0.3, -0.25) is 0 Å². The minimum Gasteiger partial charge on any atom is -0.393 e. The number of likely N-dealkylation sites (tertiary alicyclic amines) is 1. The highest BCUT2D eigenvalue weighted by molar-refractivity contribution is 7.13. The first-order chi connectivity index (χ1) is 13.2. The lowest BCUT2D eigenvalue weighted by atomic mass is 9.88. The Labute approximate surface area is 165 Å². The summed E-state index contributed by atoms with van der Waals surface area (Å²) in [5.41, 5.74) is 1.40. The predicted octanol–water partition coefficient (Wildman–Crippen LogP) is 1.96. The first-order valence-corrected chi connectivity index (χ1v) is 10.9. The van der Waals surface area contributed by atoms with E-state index in [1.165, 1.54) is 18.4 Å². The second kappa shape index (κ2) is 8.58. The fraction of sp³-hybridized carbons (Fsp3) is 0.684. The van der Waals surface area contributed by atoms with Crippen LogP contribution in [0.2, 0.25) is 0 Å². The highest BCUT2D eigenvalue weighted by Crippen LogP contribution is 2.28. The summed E-state index contributed by atoms with van der Waals surface area (Å²) in [5.74, 6) is 2.47. The average Bonchev–Trinajstić information content (AvgIpc) is 3.18. The van der Waals surface area contributed by atoms with Gasteiger partial charge in [0, 0.05) is 17.6 Å². The van der Waals surface area contributed by atoms with E-state index in [-0.39, 0.29) is 6.10 Å². The van der Waals surface area contributed by atoms with E-state index in [9.17, 15) is 5.11 Å². The zero-order chi connectivity index (χ0) is 18.6. The molecule has 8 heteroatoms. The second-order valence-electron chi connectivity index (χ2n) is 7.88. The van der Waals surface area contributed by atoms with E-state index in [0.717, 1.165) is 62.2 Å². The molecule has 1 saturated carbocycles. The van der Waals surface area contributed by atoms with Crippen molar-refractivity contribution in [1.82, 2.24) is 20.5 Å². The lowest BCUT2D eigenvalue weighted by Gasteiger charge is -2.35. The number of nitrogens with zero attached hydrogens (tertiary/aromatic N) is 3. The molecule has 2 fully saturated rings. The Morgan fingerprint density at radius 2 is 1.96 bits per heavy atom. The third-order valence-corrected chi connectivity index (χ3v) is 6.57. The predicted molar refractivity (Wildman–Crippen MR) is 110 cm³/mol. The summed E-state index contributed by atoms with van der Waals surface area (Å²) in [4.78, 5) is 11.4. The number of aliphatic hydroxyl groups excluding tert-OH is 1. The molecule has 148 valence electrons. The van der Waals surface area contributed by atoms with Crippen LogP contribution < -0.4 is 16.0 Å². The second-order valence-corrected chi connectivity index (χ2v) is 8.77. The van der Waals surface area contributed by atoms with E-state index in [2.05, 4.69) is 32.9 Å². The van der Waals surface area contributed by atoms with Gasteiger partial charge in [0.2, 0.25) is 5.96 Å². The molecule has 0 bridgehead atoms. The summed E-state index contributed by atoms with van der Waals surface area (Å²) in [7, 11) is 2.20. The third-order valence-electron chi connectivity index (χ3n) is 5.89. The fourth-order valence-electron chi connectivity index (χ4n) is 4.18. The van der Waals surface area contributed by atoms with Crippen LogP contribution in [0, 0.1) is 5.92 Å². The number of aliphatic hydroxyl groups is 1. The molecule has 27 heavy (non-hydrogen) atoms. The lowest BCUT2D eigenvalue weighted by Crippen LogP contribution is -2.46. The number of hydrogen-bond donors (Lipinski definition) is 4. The van der Waals surface area contributed by atoms with Crippen LogP contribution in [0.15, 0.2) is 28.0 Å². The first-order valence-electron chi connectivity index (χ1n) is 10.0. The third kappa shape index (κ3) is 4.80. The Morgan fingerprint density at radius 1 is 1.19 bits per heavy atom. The summed E-state index contributed by atoms with van der Waals surface area (Å²) in [6.45, 7) is 3.02. The molecular formula is C19H30N6OS. The Balaban J connectivity index is 1.47. The van der Waals surface area contributed by atoms with Gasteiger partial charge in [-0.2, -0.15) is 0 Å². The Hall–Kier alpha value is -1.64. The van der Waals surface area contributed by atoms with Crippen molar-refractivity contribution in [2.45, 2.75) is 50.7 Å². The molecule has 0 spiro atoms. The van der Waals surface area contributed by atoms with Crippen LogP contribution in [0.4, 0.5) is 5.13 Å². The van der Waals surface area contributed by atoms with E-state index in [1.54, 1.807) is 17.5 Å². The van der Waals surface area contributed by atoms with Gasteiger partial charge in [-0.05, 0) is 70.2 Å². The number of anilines is 1. The van der Waals surface area contributed by atoms with Gasteiger partial charge in [0.25, 0.3) is 0 Å². The monoisotopic (exact) mass is 390 g/mol. The van der Waals surface area contributed by atoms with Crippen molar-refractivity contribution in [3.05, 3.63) is 23.0 Å². The van der Waals surface area contributed by atoms with E-state index in [1.807, 2.05) is 5.38 Å². The first kappa shape index (κ1) is 18.7. The van der Waals surface area contributed by atoms with Gasteiger partial charge in [-0.1, -0.05) is 0 Å². The van der Waals surface area contributed by atoms with E-state index in [4.69, 9.17) is 4.99 Å².